The van der Waals surface area contributed by atoms with Crippen molar-refractivity contribution in [1.29, 1.82) is 0 Å². The number of hydrogen-bond acceptors (Lipinski definition) is 13. The topological polar surface area (TPSA) is 167 Å². The number of amides is 3. The average molecular weight is 953 g/mol. The maximum atomic E-state index is 14.3. The van der Waals surface area contributed by atoms with E-state index in [0.717, 1.165) is 51.4 Å². The normalized spacial score (nSPS) is 16.4. The van der Waals surface area contributed by atoms with Gasteiger partial charge in [-0.3, -0.25) is 24.3 Å². The summed E-state index contributed by atoms with van der Waals surface area (Å²) in [5.41, 5.74) is 14.4. The van der Waals surface area contributed by atoms with Crippen molar-refractivity contribution in [3.05, 3.63) is 124 Å². The Kier molecular flexibility index (Phi) is 14.8. The van der Waals surface area contributed by atoms with Gasteiger partial charge in [0.15, 0.2) is 23.0 Å². The van der Waals surface area contributed by atoms with E-state index in [1.807, 2.05) is 84.9 Å². The molecule has 4 heterocycles. The number of para-hydroxylation sites is 2. The molecule has 16 heteroatoms. The predicted molar refractivity (Wildman–Crippen MR) is 268 cm³/mol. The van der Waals surface area contributed by atoms with Crippen LogP contribution in [0.4, 0.5) is 28.4 Å². The van der Waals surface area contributed by atoms with Crippen molar-refractivity contribution in [3.63, 3.8) is 0 Å². The summed E-state index contributed by atoms with van der Waals surface area (Å²) in [6, 6.07) is 29.0. The summed E-state index contributed by atoms with van der Waals surface area (Å²) in [4.78, 5) is 53.1. The molecule has 0 fully saturated rings. The minimum Gasteiger partial charge on any atom is -0.493 e. The molecule has 3 amide bonds. The first-order chi connectivity index (χ1) is 34.1. The molecule has 0 saturated carbocycles. The predicted octanol–water partition coefficient (Wildman–Crippen LogP) is 6.92. The highest BCUT2D eigenvalue weighted by atomic mass is 16.5. The number of rotatable bonds is 22. The number of anilines is 4. The van der Waals surface area contributed by atoms with Crippen LogP contribution in [0.3, 0.4) is 0 Å². The Bertz CT molecular complexity index is 2760. The van der Waals surface area contributed by atoms with Gasteiger partial charge in [0, 0.05) is 82.0 Å². The molecule has 4 aliphatic heterocycles. The molecule has 70 heavy (non-hydrogen) atoms. The third-order valence-electron chi connectivity index (χ3n) is 13.2. The van der Waals surface area contributed by atoms with Gasteiger partial charge in [-0.2, -0.15) is 0 Å². The van der Waals surface area contributed by atoms with Gasteiger partial charge in [0.2, 0.25) is 5.91 Å². The summed E-state index contributed by atoms with van der Waals surface area (Å²) in [5, 5.41) is 0. The number of methoxy groups -OCH3 is 3. The maximum Gasteiger partial charge on any atom is 0.261 e. The van der Waals surface area contributed by atoms with Crippen LogP contribution >= 0.6 is 0 Å². The summed E-state index contributed by atoms with van der Waals surface area (Å²) in [7, 11) is 6.75. The molecule has 0 aromatic heterocycles. The Morgan fingerprint density at radius 3 is 1.99 bits per heavy atom. The third-order valence-corrected chi connectivity index (χ3v) is 13.2. The molecular formula is C54H60N6O10. The molecule has 16 nitrogen and oxygen atoms in total. The number of primary amides is 1. The van der Waals surface area contributed by atoms with Gasteiger partial charge in [-0.15, -0.1) is 0 Å². The molecule has 4 aliphatic rings. The molecule has 0 saturated heterocycles. The zero-order valence-electron chi connectivity index (χ0n) is 40.2. The van der Waals surface area contributed by atoms with Crippen LogP contribution in [-0.4, -0.2) is 117 Å². The van der Waals surface area contributed by atoms with E-state index in [2.05, 4.69) is 15.9 Å². The van der Waals surface area contributed by atoms with E-state index in [1.165, 1.54) is 0 Å². The third kappa shape index (κ3) is 10.3. The first kappa shape index (κ1) is 47.9. The quantitative estimate of drug-likeness (QED) is 0.0713. The zero-order chi connectivity index (χ0) is 48.7. The molecule has 2 atom stereocenters. The number of ether oxygens (including phenoxy) is 7. The summed E-state index contributed by atoms with van der Waals surface area (Å²) < 4.78 is 41.6. The van der Waals surface area contributed by atoms with E-state index in [9.17, 15) is 14.4 Å². The van der Waals surface area contributed by atoms with Crippen LogP contribution in [-0.2, 0) is 45.1 Å². The summed E-state index contributed by atoms with van der Waals surface area (Å²) in [6.45, 7) is 4.16. The van der Waals surface area contributed by atoms with Crippen LogP contribution in [0.15, 0.2) is 96.0 Å². The van der Waals surface area contributed by atoms with E-state index >= 15 is 0 Å². The highest BCUT2D eigenvalue weighted by Crippen LogP contribution is 2.44. The number of nitrogens with zero attached hydrogens (tertiary/aromatic N) is 5. The number of benzene rings is 5. The lowest BCUT2D eigenvalue weighted by atomic mass is 10.1. The lowest BCUT2D eigenvalue weighted by Crippen LogP contribution is -2.41. The number of carbonyl (C=O) groups excluding carboxylic acids is 3. The Morgan fingerprint density at radius 1 is 0.686 bits per heavy atom. The van der Waals surface area contributed by atoms with Crippen molar-refractivity contribution < 1.29 is 47.5 Å². The summed E-state index contributed by atoms with van der Waals surface area (Å²) in [6.07, 6.45) is 4.04. The number of aliphatic imine (C=N–C) groups is 1. The van der Waals surface area contributed by atoms with Gasteiger partial charge in [-0.25, -0.2) is 0 Å². The number of likely N-dealkylation sites (N-methyl/N-ethyl adjacent to an activating group) is 1. The number of fused-ring (bicyclic) bond motifs is 8. The van der Waals surface area contributed by atoms with Gasteiger partial charge in [0.25, 0.3) is 11.8 Å². The van der Waals surface area contributed by atoms with Crippen molar-refractivity contribution in [2.75, 3.05) is 101 Å². The van der Waals surface area contributed by atoms with Gasteiger partial charge >= 0.3 is 0 Å². The molecule has 9 rings (SSSR count). The second kappa shape index (κ2) is 21.7. The minimum absolute atomic E-state index is 0.0107. The SMILES string of the molecule is COCCOCCOCCN(CCCC(N)=O)c1cc(COc2cc3c(cc2OC)C(=O)N2c4ccccc4C[C@H]2C=N3)cc(COc2cc3c(cc2OC)C(=O)N2c4ccccc4C[C@H]2CN3C)c1. The van der Waals surface area contributed by atoms with Crippen LogP contribution in [0.2, 0.25) is 0 Å². The highest BCUT2D eigenvalue weighted by molar-refractivity contribution is 6.15. The second-order valence-corrected chi connectivity index (χ2v) is 17.8. The molecule has 0 aliphatic carbocycles. The first-order valence-corrected chi connectivity index (χ1v) is 23.7. The van der Waals surface area contributed by atoms with Crippen LogP contribution in [0.25, 0.3) is 0 Å². The number of carbonyl (C=O) groups is 3. The molecule has 5 aromatic rings. The fraction of sp³-hybridized carbons (Fsp3) is 0.370. The molecule has 2 N–H and O–H groups in total. The van der Waals surface area contributed by atoms with Gasteiger partial charge < -0.3 is 53.6 Å². The van der Waals surface area contributed by atoms with E-state index in [0.29, 0.717) is 105 Å². The average Bonchev–Trinajstić information content (AvgIpc) is 3.87. The number of nitrogens with two attached hydrogens (primary N) is 1. The van der Waals surface area contributed by atoms with Gasteiger partial charge in [-0.1, -0.05) is 36.4 Å². The smallest absolute Gasteiger partial charge is 0.261 e. The lowest BCUT2D eigenvalue weighted by molar-refractivity contribution is -0.118. The summed E-state index contributed by atoms with van der Waals surface area (Å²) in [5.74, 6) is 1.13. The van der Waals surface area contributed by atoms with Crippen molar-refractivity contribution >= 4 is 52.4 Å². The fourth-order valence-corrected chi connectivity index (χ4v) is 9.79. The van der Waals surface area contributed by atoms with Gasteiger partial charge in [-0.05, 0) is 77.6 Å². The highest BCUT2D eigenvalue weighted by Gasteiger charge is 2.40. The Hall–Kier alpha value is -7.14. The van der Waals surface area contributed by atoms with Crippen molar-refractivity contribution in [2.24, 2.45) is 10.7 Å². The molecule has 0 radical (unpaired) electrons. The standard InChI is InChI=1S/C54H60N6O10/c1-57-32-41-26-38-11-6-8-13-46(38)60(41)54(63)43-28-49(66-4)51(30-47(43)57)70-34-36-22-35(23-39(24-36)58(15-9-14-52(55)61)16-17-67-20-21-68-19-18-64-2)33-69-50-29-44-42(27-48(50)65-3)53(62)59-40(31-56-44)25-37-10-5-7-12-45(37)59/h5-8,10-13,22-24,27-31,40-41H,9,14-21,25-26,32-34H2,1-4H3,(H2,55,61)/t40-,41-/m0/s1. The van der Waals surface area contributed by atoms with Crippen LogP contribution < -0.4 is 44.3 Å². The minimum atomic E-state index is -0.376. The van der Waals surface area contributed by atoms with E-state index in [4.69, 9.17) is 43.9 Å². The van der Waals surface area contributed by atoms with Crippen molar-refractivity contribution in [3.8, 4) is 23.0 Å². The molecule has 5 aromatic carbocycles. The van der Waals surface area contributed by atoms with E-state index in [-0.39, 0.29) is 49.4 Å². The van der Waals surface area contributed by atoms with Crippen molar-refractivity contribution in [2.45, 2.75) is 51.0 Å². The van der Waals surface area contributed by atoms with Crippen molar-refractivity contribution in [1.82, 2.24) is 0 Å². The lowest BCUT2D eigenvalue weighted by Gasteiger charge is -2.26. The van der Waals surface area contributed by atoms with E-state index < -0.39 is 0 Å². The van der Waals surface area contributed by atoms with E-state index in [1.54, 1.807) is 44.4 Å². The monoisotopic (exact) mass is 952 g/mol. The molecule has 366 valence electrons. The Morgan fingerprint density at radius 2 is 1.30 bits per heavy atom. The first-order valence-electron chi connectivity index (χ1n) is 23.7. The van der Waals surface area contributed by atoms with Crippen LogP contribution in [0, 0.1) is 0 Å². The Balaban J connectivity index is 0.994. The summed E-state index contributed by atoms with van der Waals surface area (Å²) >= 11 is 0. The zero-order valence-corrected chi connectivity index (χ0v) is 40.2. The second-order valence-electron chi connectivity index (χ2n) is 17.8. The number of hydrogen-bond donors (Lipinski definition) is 1. The fourth-order valence-electron chi connectivity index (χ4n) is 9.79. The van der Waals surface area contributed by atoms with Crippen LogP contribution in [0.5, 0.6) is 23.0 Å². The molecular weight excluding hydrogens is 893 g/mol. The largest absolute Gasteiger partial charge is 0.493 e. The molecule has 0 bridgehead atoms. The Labute approximate surface area is 408 Å². The van der Waals surface area contributed by atoms with Gasteiger partial charge in [0.1, 0.15) is 13.2 Å². The molecule has 0 spiro atoms. The van der Waals surface area contributed by atoms with Crippen LogP contribution in [0.1, 0.15) is 55.8 Å². The molecule has 0 unspecified atom stereocenters. The van der Waals surface area contributed by atoms with Gasteiger partial charge in [0.05, 0.1) is 81.8 Å². The maximum absolute atomic E-state index is 14.3.